The summed E-state index contributed by atoms with van der Waals surface area (Å²) in [6.45, 7) is 5.58. The van der Waals surface area contributed by atoms with Gasteiger partial charge in [0.25, 0.3) is 0 Å². The van der Waals surface area contributed by atoms with Crippen LogP contribution in [0.2, 0.25) is 0 Å². The molecule has 15 heavy (non-hydrogen) atoms. The van der Waals surface area contributed by atoms with Crippen molar-refractivity contribution < 1.29 is 9.53 Å². The van der Waals surface area contributed by atoms with Crippen molar-refractivity contribution in [2.24, 2.45) is 0 Å². The molecule has 1 unspecified atom stereocenters. The van der Waals surface area contributed by atoms with Crippen LogP contribution in [0.1, 0.15) is 6.92 Å². The number of likely N-dealkylation sites (N-methyl/N-ethyl adjacent to an activating group) is 1. The number of carbonyl (C=O) groups is 1. The molecule has 4 nitrogen and oxygen atoms in total. The molecule has 1 heterocycles. The highest BCUT2D eigenvalue weighted by Gasteiger charge is 2.14. The zero-order valence-corrected chi connectivity index (χ0v) is 9.77. The average molecular weight is 212 g/mol. The molecule has 0 spiro atoms. The molecule has 4 heteroatoms. The number of nitrogens with zero attached hydrogens (tertiary/aromatic N) is 2. The molecule has 1 aliphatic rings. The van der Waals surface area contributed by atoms with Gasteiger partial charge in [0.1, 0.15) is 0 Å². The lowest BCUT2D eigenvalue weighted by molar-refractivity contribution is -0.123. The highest BCUT2D eigenvalue weighted by atomic mass is 16.5. The Balaban J connectivity index is 2.39. The molecule has 86 valence electrons. The Kier molecular flexibility index (Phi) is 4.78. The molecule has 0 saturated carbocycles. The summed E-state index contributed by atoms with van der Waals surface area (Å²) in [5.74, 6) is 0.0371. The van der Waals surface area contributed by atoms with Gasteiger partial charge in [-0.15, -0.1) is 0 Å². The maximum atomic E-state index is 11.3. The first-order chi connectivity index (χ1) is 7.11. The van der Waals surface area contributed by atoms with E-state index in [9.17, 15) is 4.79 Å². The number of amides is 1. The predicted octanol–water partition coefficient (Wildman–Crippen LogP) is 0.352. The van der Waals surface area contributed by atoms with Gasteiger partial charge in [0.05, 0.1) is 13.2 Å². The summed E-state index contributed by atoms with van der Waals surface area (Å²) < 4.78 is 5.27. The van der Waals surface area contributed by atoms with Crippen LogP contribution in [-0.4, -0.2) is 62.1 Å². The molecule has 0 aromatic heterocycles. The van der Waals surface area contributed by atoms with Gasteiger partial charge < -0.3 is 9.64 Å². The van der Waals surface area contributed by atoms with Crippen LogP contribution >= 0.6 is 0 Å². The van der Waals surface area contributed by atoms with Crippen LogP contribution in [0, 0.1) is 0 Å². The van der Waals surface area contributed by atoms with Crippen LogP contribution in [0.25, 0.3) is 0 Å². The molecule has 1 rings (SSSR count). The first-order valence-electron chi connectivity index (χ1n) is 5.32. The fourth-order valence-corrected chi connectivity index (χ4v) is 1.48. The first kappa shape index (κ1) is 12.2. The topological polar surface area (TPSA) is 32.8 Å². The Morgan fingerprint density at radius 3 is 2.53 bits per heavy atom. The van der Waals surface area contributed by atoms with Crippen molar-refractivity contribution in [2.45, 2.75) is 13.0 Å². The molecule has 1 amide bonds. The van der Waals surface area contributed by atoms with Crippen molar-refractivity contribution in [1.82, 2.24) is 9.80 Å². The number of rotatable bonds is 3. The number of morpholine rings is 1. The Morgan fingerprint density at radius 1 is 1.40 bits per heavy atom. The molecule has 0 aromatic rings. The fraction of sp³-hybridized carbons (Fsp3) is 0.727. The van der Waals surface area contributed by atoms with Gasteiger partial charge in [-0.3, -0.25) is 9.69 Å². The van der Waals surface area contributed by atoms with E-state index >= 15 is 0 Å². The summed E-state index contributed by atoms with van der Waals surface area (Å²) in [4.78, 5) is 15.2. The van der Waals surface area contributed by atoms with E-state index in [4.69, 9.17) is 4.74 Å². The first-order valence-corrected chi connectivity index (χ1v) is 5.32. The zero-order chi connectivity index (χ0) is 11.3. The minimum absolute atomic E-state index is 0.0371. The van der Waals surface area contributed by atoms with Crippen LogP contribution in [0.3, 0.4) is 0 Å². The Morgan fingerprint density at radius 2 is 2.00 bits per heavy atom. The van der Waals surface area contributed by atoms with Crippen molar-refractivity contribution in [3.8, 4) is 0 Å². The lowest BCUT2D eigenvalue weighted by Gasteiger charge is -2.30. The van der Waals surface area contributed by atoms with Gasteiger partial charge in [-0.1, -0.05) is 6.08 Å². The van der Waals surface area contributed by atoms with E-state index in [-0.39, 0.29) is 5.91 Å². The molecule has 1 atom stereocenters. The smallest absolute Gasteiger partial charge is 0.245 e. The molecule has 0 aromatic carbocycles. The average Bonchev–Trinajstić information content (AvgIpc) is 2.26. The number of carbonyl (C=O) groups excluding carboxylic acids is 1. The third-order valence-corrected chi connectivity index (χ3v) is 2.58. The highest BCUT2D eigenvalue weighted by Crippen LogP contribution is 2.04. The summed E-state index contributed by atoms with van der Waals surface area (Å²) >= 11 is 0. The number of ether oxygens (including phenoxy) is 1. The predicted molar refractivity (Wildman–Crippen MR) is 59.7 cm³/mol. The van der Waals surface area contributed by atoms with Crippen LogP contribution in [-0.2, 0) is 9.53 Å². The lowest BCUT2D eigenvalue weighted by atomic mass is 10.2. The monoisotopic (exact) mass is 212 g/mol. The lowest BCUT2D eigenvalue weighted by Crippen LogP contribution is -2.41. The van der Waals surface area contributed by atoms with Crippen LogP contribution < -0.4 is 0 Å². The van der Waals surface area contributed by atoms with Crippen LogP contribution in [0.5, 0.6) is 0 Å². The normalized spacial score (nSPS) is 20.5. The molecule has 1 aliphatic heterocycles. The number of hydrogen-bond acceptors (Lipinski definition) is 3. The SMILES string of the molecule is CC(C=CC(=O)N(C)C)N1CCOCC1. The van der Waals surface area contributed by atoms with E-state index < -0.39 is 0 Å². The van der Waals surface area contributed by atoms with Gasteiger partial charge in [0, 0.05) is 39.3 Å². The summed E-state index contributed by atoms with van der Waals surface area (Å²) in [5, 5.41) is 0. The summed E-state index contributed by atoms with van der Waals surface area (Å²) in [6, 6.07) is 0.304. The van der Waals surface area contributed by atoms with Gasteiger partial charge in [0.15, 0.2) is 0 Å². The molecular weight excluding hydrogens is 192 g/mol. The second-order valence-electron chi connectivity index (χ2n) is 3.98. The third-order valence-electron chi connectivity index (χ3n) is 2.58. The van der Waals surface area contributed by atoms with Crippen molar-refractivity contribution in [2.75, 3.05) is 40.4 Å². The van der Waals surface area contributed by atoms with E-state index in [0.717, 1.165) is 26.3 Å². The minimum Gasteiger partial charge on any atom is -0.379 e. The van der Waals surface area contributed by atoms with Crippen molar-refractivity contribution in [1.29, 1.82) is 0 Å². The Labute approximate surface area is 91.5 Å². The van der Waals surface area contributed by atoms with E-state index in [1.165, 1.54) is 0 Å². The Hall–Kier alpha value is -0.870. The van der Waals surface area contributed by atoms with E-state index in [1.54, 1.807) is 25.1 Å². The summed E-state index contributed by atoms with van der Waals surface area (Å²) in [5.41, 5.74) is 0. The fourth-order valence-electron chi connectivity index (χ4n) is 1.48. The second-order valence-corrected chi connectivity index (χ2v) is 3.98. The van der Waals surface area contributed by atoms with Gasteiger partial charge in [-0.25, -0.2) is 0 Å². The van der Waals surface area contributed by atoms with Gasteiger partial charge in [0.2, 0.25) is 5.91 Å². The molecule has 0 bridgehead atoms. The van der Waals surface area contributed by atoms with Gasteiger partial charge >= 0.3 is 0 Å². The molecule has 1 saturated heterocycles. The molecule has 0 radical (unpaired) electrons. The van der Waals surface area contributed by atoms with Crippen LogP contribution in [0.15, 0.2) is 12.2 Å². The van der Waals surface area contributed by atoms with Gasteiger partial charge in [-0.2, -0.15) is 0 Å². The molecule has 1 fully saturated rings. The van der Waals surface area contributed by atoms with Crippen molar-refractivity contribution in [3.63, 3.8) is 0 Å². The van der Waals surface area contributed by atoms with E-state index in [2.05, 4.69) is 11.8 Å². The largest absolute Gasteiger partial charge is 0.379 e. The standard InChI is InChI=1S/C11H20N2O2/c1-10(4-5-11(14)12(2)3)13-6-8-15-9-7-13/h4-5,10H,6-9H2,1-3H3. The van der Waals surface area contributed by atoms with E-state index in [1.807, 2.05) is 6.08 Å². The maximum absolute atomic E-state index is 11.3. The van der Waals surface area contributed by atoms with Crippen molar-refractivity contribution >= 4 is 5.91 Å². The summed E-state index contributed by atoms with van der Waals surface area (Å²) in [7, 11) is 3.51. The summed E-state index contributed by atoms with van der Waals surface area (Å²) in [6.07, 6.45) is 3.59. The molecular formula is C11H20N2O2. The zero-order valence-electron chi connectivity index (χ0n) is 9.77. The van der Waals surface area contributed by atoms with Gasteiger partial charge in [-0.05, 0) is 6.92 Å². The Bertz CT molecular complexity index is 233. The van der Waals surface area contributed by atoms with Crippen molar-refractivity contribution in [3.05, 3.63) is 12.2 Å². The molecule has 0 aliphatic carbocycles. The highest BCUT2D eigenvalue weighted by molar-refractivity contribution is 5.87. The third kappa shape index (κ3) is 4.01. The number of hydrogen-bond donors (Lipinski definition) is 0. The second kappa shape index (κ2) is 5.88. The molecule has 0 N–H and O–H groups in total. The maximum Gasteiger partial charge on any atom is 0.245 e. The van der Waals surface area contributed by atoms with Crippen LogP contribution in [0.4, 0.5) is 0 Å². The quantitative estimate of drug-likeness (QED) is 0.633. The minimum atomic E-state index is 0.0371. The van der Waals surface area contributed by atoms with E-state index in [0.29, 0.717) is 6.04 Å².